The van der Waals surface area contributed by atoms with E-state index >= 15 is 0 Å². The van der Waals surface area contributed by atoms with Crippen molar-refractivity contribution in [3.63, 3.8) is 0 Å². The van der Waals surface area contributed by atoms with Crippen molar-refractivity contribution in [2.24, 2.45) is 5.73 Å². The fraction of sp³-hybridized carbons (Fsp3) is 0.371. The summed E-state index contributed by atoms with van der Waals surface area (Å²) in [6.45, 7) is 6.35. The summed E-state index contributed by atoms with van der Waals surface area (Å²) in [6.07, 6.45) is 7.51. The number of nitrogens with zero attached hydrogens (tertiary/aromatic N) is 1. The van der Waals surface area contributed by atoms with Crippen molar-refractivity contribution in [1.29, 1.82) is 0 Å². The number of nitrogens with one attached hydrogen (secondary N) is 2. The second-order valence-electron chi connectivity index (χ2n) is 11.1. The lowest BCUT2D eigenvalue weighted by Gasteiger charge is -2.17. The van der Waals surface area contributed by atoms with Gasteiger partial charge in [0.15, 0.2) is 5.71 Å². The molecule has 8 heteroatoms. The van der Waals surface area contributed by atoms with Crippen LogP contribution in [0.25, 0.3) is 6.08 Å². The maximum absolute atomic E-state index is 12.0. The number of carbonyl (C=O) groups is 1. The van der Waals surface area contributed by atoms with Gasteiger partial charge in [-0.1, -0.05) is 18.2 Å². The van der Waals surface area contributed by atoms with Crippen LogP contribution in [0, 0.1) is 0 Å². The van der Waals surface area contributed by atoms with Crippen molar-refractivity contribution in [2.75, 3.05) is 46.3 Å². The molecule has 0 unspecified atom stereocenters. The molecule has 1 heterocycles. The third-order valence-corrected chi connectivity index (χ3v) is 7.87. The quantitative estimate of drug-likeness (QED) is 0.146. The zero-order valence-electron chi connectivity index (χ0n) is 26.0. The first-order valence-corrected chi connectivity index (χ1v) is 14.9. The van der Waals surface area contributed by atoms with E-state index in [-0.39, 0.29) is 11.3 Å². The van der Waals surface area contributed by atoms with Crippen LogP contribution in [0.2, 0.25) is 0 Å². The Labute approximate surface area is 255 Å². The first-order valence-electron chi connectivity index (χ1n) is 14.9. The highest BCUT2D eigenvalue weighted by Crippen LogP contribution is 2.43. The number of benzene rings is 3. The number of amides is 1. The number of allylic oxidation sites excluding steroid dienone is 1. The highest BCUT2D eigenvalue weighted by Gasteiger charge is 2.44. The molecule has 0 aliphatic carbocycles. The predicted molar refractivity (Wildman–Crippen MR) is 175 cm³/mol. The van der Waals surface area contributed by atoms with E-state index in [1.807, 2.05) is 30.3 Å². The molecule has 43 heavy (non-hydrogen) atoms. The maximum Gasteiger partial charge on any atom is 0.220 e. The summed E-state index contributed by atoms with van der Waals surface area (Å²) >= 11 is 0. The minimum absolute atomic E-state index is 0.0640. The Bertz CT molecular complexity index is 1440. The molecule has 0 saturated heterocycles. The van der Waals surface area contributed by atoms with Gasteiger partial charge in [0.2, 0.25) is 11.6 Å². The smallest absolute Gasteiger partial charge is 0.220 e. The Balaban J connectivity index is 1.65. The molecule has 1 aliphatic heterocycles. The molecule has 1 aliphatic rings. The van der Waals surface area contributed by atoms with Gasteiger partial charge in [-0.2, -0.15) is 4.58 Å². The van der Waals surface area contributed by atoms with E-state index in [2.05, 4.69) is 71.5 Å². The first-order chi connectivity index (χ1) is 20.8. The molecule has 4 rings (SSSR count). The van der Waals surface area contributed by atoms with Gasteiger partial charge in [-0.25, -0.2) is 0 Å². The fourth-order valence-electron chi connectivity index (χ4n) is 5.57. The van der Waals surface area contributed by atoms with Gasteiger partial charge in [-0.3, -0.25) is 4.79 Å². The van der Waals surface area contributed by atoms with Crippen LogP contribution in [0.15, 0.2) is 66.7 Å². The zero-order chi connectivity index (χ0) is 30.8. The number of hydrogen-bond acceptors (Lipinski definition) is 6. The van der Waals surface area contributed by atoms with Crippen molar-refractivity contribution in [3.8, 4) is 17.2 Å². The van der Waals surface area contributed by atoms with Gasteiger partial charge in [-0.05, 0) is 57.0 Å². The van der Waals surface area contributed by atoms with Crippen LogP contribution in [0.4, 0.5) is 17.1 Å². The van der Waals surface area contributed by atoms with E-state index in [9.17, 15) is 4.79 Å². The molecule has 0 aromatic heterocycles. The lowest BCUT2D eigenvalue weighted by molar-refractivity contribution is -0.438. The van der Waals surface area contributed by atoms with E-state index in [4.69, 9.17) is 19.9 Å². The Kier molecular flexibility index (Phi) is 10.8. The Hall–Kier alpha value is -4.30. The Morgan fingerprint density at radius 1 is 0.884 bits per heavy atom. The molecule has 3 aromatic rings. The van der Waals surface area contributed by atoms with E-state index < -0.39 is 0 Å². The third-order valence-electron chi connectivity index (χ3n) is 7.87. The molecule has 0 atom stereocenters. The minimum Gasteiger partial charge on any atom is -0.496 e. The van der Waals surface area contributed by atoms with Crippen LogP contribution < -0.4 is 30.6 Å². The fourth-order valence-corrected chi connectivity index (χ4v) is 5.57. The average molecular weight is 586 g/mol. The van der Waals surface area contributed by atoms with E-state index in [0.29, 0.717) is 36.8 Å². The molecule has 0 radical (unpaired) electrons. The number of ether oxygens (including phenoxy) is 3. The number of unbranched alkanes of at least 4 members (excludes halogenated alkanes) is 2. The van der Waals surface area contributed by atoms with Crippen LogP contribution >= 0.6 is 0 Å². The standard InChI is InChI=1S/C35H44N4O4/c1-35(2)29-22-26(38-25-12-8-6-9-13-25)15-17-30(29)39(21-11-7-10-14-34(40)37-20-19-36)33(35)18-16-28-31(42-4)23-27(41-3)24-32(28)43-5/h6,8-9,12-13,15-18,22-24,38H,7,10-11,14,19-21,36H2,1-5H3/p+1/b18-16+. The second kappa shape index (κ2) is 14.7. The molecule has 0 saturated carbocycles. The summed E-state index contributed by atoms with van der Waals surface area (Å²) in [7, 11) is 4.93. The lowest BCUT2D eigenvalue weighted by atomic mass is 9.81. The van der Waals surface area contributed by atoms with Crippen LogP contribution in [-0.2, 0) is 10.2 Å². The summed E-state index contributed by atoms with van der Waals surface area (Å²) in [4.78, 5) is 12.0. The molecule has 8 nitrogen and oxygen atoms in total. The second-order valence-corrected chi connectivity index (χ2v) is 11.1. The van der Waals surface area contributed by atoms with Crippen molar-refractivity contribution >= 4 is 34.8 Å². The third kappa shape index (κ3) is 7.56. The van der Waals surface area contributed by atoms with Crippen LogP contribution in [-0.4, -0.2) is 57.2 Å². The Morgan fingerprint density at radius 2 is 1.60 bits per heavy atom. The van der Waals surface area contributed by atoms with Crippen LogP contribution in [0.3, 0.4) is 0 Å². The number of para-hydroxylation sites is 1. The number of carbonyl (C=O) groups excluding carboxylic acids is 1. The summed E-state index contributed by atoms with van der Waals surface area (Å²) < 4.78 is 19.3. The van der Waals surface area contributed by atoms with E-state index in [1.165, 1.54) is 17.0 Å². The minimum atomic E-state index is -0.269. The first kappa shape index (κ1) is 31.6. The van der Waals surface area contributed by atoms with E-state index in [0.717, 1.165) is 42.7 Å². The maximum atomic E-state index is 12.0. The highest BCUT2D eigenvalue weighted by molar-refractivity contribution is 6.06. The van der Waals surface area contributed by atoms with Gasteiger partial charge in [0.05, 0.1) is 32.3 Å². The average Bonchev–Trinajstić information content (AvgIpc) is 3.23. The number of hydrogen-bond donors (Lipinski definition) is 3. The highest BCUT2D eigenvalue weighted by atomic mass is 16.5. The monoisotopic (exact) mass is 585 g/mol. The Morgan fingerprint density at radius 3 is 2.26 bits per heavy atom. The number of anilines is 2. The largest absolute Gasteiger partial charge is 0.496 e. The lowest BCUT2D eigenvalue weighted by Crippen LogP contribution is -2.28. The van der Waals surface area contributed by atoms with Crippen molar-refractivity contribution in [1.82, 2.24) is 5.32 Å². The molecular weight excluding hydrogens is 540 g/mol. The summed E-state index contributed by atoms with van der Waals surface area (Å²) in [5.74, 6) is 2.09. The van der Waals surface area contributed by atoms with Crippen molar-refractivity contribution in [2.45, 2.75) is 44.9 Å². The van der Waals surface area contributed by atoms with Gasteiger partial charge >= 0.3 is 0 Å². The van der Waals surface area contributed by atoms with Crippen LogP contribution in [0.1, 0.15) is 50.7 Å². The number of nitrogens with two attached hydrogens (primary N) is 1. The molecule has 3 aromatic carbocycles. The summed E-state index contributed by atoms with van der Waals surface area (Å²) in [5.41, 5.74) is 11.8. The summed E-state index contributed by atoms with van der Waals surface area (Å²) in [6, 6.07) is 20.5. The van der Waals surface area contributed by atoms with Crippen molar-refractivity contribution in [3.05, 3.63) is 77.9 Å². The predicted octanol–water partition coefficient (Wildman–Crippen LogP) is 6.18. The molecule has 0 fully saturated rings. The van der Waals surface area contributed by atoms with Gasteiger partial charge < -0.3 is 30.6 Å². The molecule has 228 valence electrons. The molecule has 1 amide bonds. The molecule has 0 bridgehead atoms. The van der Waals surface area contributed by atoms with Crippen LogP contribution in [0.5, 0.6) is 17.2 Å². The normalized spacial score (nSPS) is 13.6. The van der Waals surface area contributed by atoms with Gasteiger partial charge in [0.25, 0.3) is 0 Å². The topological polar surface area (TPSA) is 97.9 Å². The molecule has 4 N–H and O–H groups in total. The number of fused-ring (bicyclic) bond motifs is 1. The number of methoxy groups -OCH3 is 3. The van der Waals surface area contributed by atoms with Gasteiger partial charge in [0.1, 0.15) is 23.8 Å². The van der Waals surface area contributed by atoms with Gasteiger partial charge in [-0.15, -0.1) is 0 Å². The zero-order valence-corrected chi connectivity index (χ0v) is 26.0. The van der Waals surface area contributed by atoms with Crippen molar-refractivity contribution < 1.29 is 23.6 Å². The molecule has 0 spiro atoms. The van der Waals surface area contributed by atoms with Gasteiger partial charge in [0, 0.05) is 67.1 Å². The summed E-state index contributed by atoms with van der Waals surface area (Å²) in [5, 5.41) is 6.40. The molecular formula is C35H45N4O4+. The SMILES string of the molecule is COc1cc(OC)c(/C=C/C2=[N+](CCCCCC(=O)NCCN)c3ccc(Nc4ccccc4)cc3C2(C)C)c(OC)c1. The number of rotatable bonds is 15. The van der Waals surface area contributed by atoms with E-state index in [1.54, 1.807) is 21.3 Å².